The largest absolute Gasteiger partial charge is 0.389 e. The molecule has 0 spiro atoms. The van der Waals surface area contributed by atoms with Gasteiger partial charge in [0.2, 0.25) is 0 Å². The minimum atomic E-state index is -0.936. The molecular weight excluding hydrogens is 272 g/mol. The Morgan fingerprint density at radius 2 is 1.95 bits per heavy atom. The molecule has 1 atom stereocenters. The molecule has 0 aliphatic rings. The second-order valence-corrected chi connectivity index (χ2v) is 3.98. The number of hydrogen-bond donors (Lipinski definition) is 1. The number of hydrogen-bond acceptors (Lipinski definition) is 7. The Kier molecular flexibility index (Phi) is 3.70. The van der Waals surface area contributed by atoms with Gasteiger partial charge in [-0.25, -0.2) is 0 Å². The second kappa shape index (κ2) is 5.44. The first kappa shape index (κ1) is 13.6. The van der Waals surface area contributed by atoms with E-state index in [2.05, 4.69) is 10.2 Å². The van der Waals surface area contributed by atoms with Crippen LogP contribution in [0.25, 0.3) is 0 Å². The molecule has 0 fully saturated rings. The number of aliphatic hydroxyl groups excluding tert-OH is 1. The van der Waals surface area contributed by atoms with Crippen molar-refractivity contribution in [1.82, 2.24) is 19.6 Å². The van der Waals surface area contributed by atoms with E-state index in [9.17, 15) is 25.3 Å². The molecule has 0 saturated heterocycles. The van der Waals surface area contributed by atoms with Gasteiger partial charge in [-0.3, -0.25) is 14.8 Å². The molecule has 1 unspecified atom stereocenters. The van der Waals surface area contributed by atoms with Crippen LogP contribution in [0.4, 0.5) is 11.5 Å². The van der Waals surface area contributed by atoms with Crippen LogP contribution in [-0.2, 0) is 13.1 Å². The van der Waals surface area contributed by atoms with E-state index in [-0.39, 0.29) is 24.6 Å². The van der Waals surface area contributed by atoms with E-state index < -0.39 is 16.0 Å². The minimum Gasteiger partial charge on any atom is -0.389 e. The second-order valence-electron chi connectivity index (χ2n) is 3.98. The molecule has 0 amide bonds. The summed E-state index contributed by atoms with van der Waals surface area (Å²) in [6.45, 7) is 0.0307. The topological polar surface area (TPSA) is 142 Å². The Morgan fingerprint density at radius 3 is 2.50 bits per heavy atom. The first-order valence-corrected chi connectivity index (χ1v) is 5.48. The van der Waals surface area contributed by atoms with Gasteiger partial charge in [0.25, 0.3) is 0 Å². The maximum absolute atomic E-state index is 10.5. The third-order valence-corrected chi connectivity index (χ3v) is 2.44. The van der Waals surface area contributed by atoms with Crippen LogP contribution in [0.1, 0.15) is 0 Å². The molecule has 0 aromatic carbocycles. The molecule has 0 aliphatic carbocycles. The van der Waals surface area contributed by atoms with Crippen molar-refractivity contribution in [3.05, 3.63) is 44.9 Å². The van der Waals surface area contributed by atoms with Crippen LogP contribution in [0.3, 0.4) is 0 Å². The Bertz CT molecular complexity index is 580. The van der Waals surface area contributed by atoms with Crippen LogP contribution >= 0.6 is 0 Å². The molecule has 20 heavy (non-hydrogen) atoms. The van der Waals surface area contributed by atoms with Gasteiger partial charge in [0.05, 0.1) is 41.5 Å². The van der Waals surface area contributed by atoms with E-state index in [1.165, 1.54) is 27.8 Å². The molecule has 0 bridgehead atoms. The van der Waals surface area contributed by atoms with Gasteiger partial charge in [-0.1, -0.05) is 0 Å². The third kappa shape index (κ3) is 3.14. The lowest BCUT2D eigenvalue weighted by Gasteiger charge is -2.08. The summed E-state index contributed by atoms with van der Waals surface area (Å²) < 4.78 is 2.45. The van der Waals surface area contributed by atoms with Crippen LogP contribution in [0, 0.1) is 20.2 Å². The maximum Gasteiger partial charge on any atom is 0.389 e. The highest BCUT2D eigenvalue weighted by molar-refractivity contribution is 5.20. The Balaban J connectivity index is 1.95. The Morgan fingerprint density at radius 1 is 1.25 bits per heavy atom. The van der Waals surface area contributed by atoms with E-state index in [0.717, 1.165) is 6.20 Å². The first-order valence-electron chi connectivity index (χ1n) is 5.48. The molecule has 11 heteroatoms. The van der Waals surface area contributed by atoms with Crippen molar-refractivity contribution in [1.29, 1.82) is 0 Å². The molecule has 1 N–H and O–H groups in total. The average Bonchev–Trinajstić information content (AvgIpc) is 2.98. The van der Waals surface area contributed by atoms with Crippen LogP contribution in [0.5, 0.6) is 0 Å². The number of aliphatic hydroxyl groups is 1. The fourth-order valence-electron chi connectivity index (χ4n) is 1.59. The van der Waals surface area contributed by atoms with Crippen molar-refractivity contribution in [2.24, 2.45) is 0 Å². The summed E-state index contributed by atoms with van der Waals surface area (Å²) in [5, 5.41) is 38.1. The zero-order valence-corrected chi connectivity index (χ0v) is 10.1. The molecule has 0 radical (unpaired) electrons. The monoisotopic (exact) mass is 282 g/mol. The predicted molar refractivity (Wildman–Crippen MR) is 63.8 cm³/mol. The van der Waals surface area contributed by atoms with Crippen molar-refractivity contribution in [2.75, 3.05) is 0 Å². The lowest BCUT2D eigenvalue weighted by atomic mass is 10.3. The molecule has 2 heterocycles. The zero-order valence-electron chi connectivity index (χ0n) is 10.1. The smallest absolute Gasteiger partial charge is 0.389 e. The van der Waals surface area contributed by atoms with Gasteiger partial charge < -0.3 is 15.2 Å². The summed E-state index contributed by atoms with van der Waals surface area (Å²) in [7, 11) is 0. The number of rotatable bonds is 6. The van der Waals surface area contributed by atoms with E-state index in [4.69, 9.17) is 0 Å². The quantitative estimate of drug-likeness (QED) is 0.578. The first-order chi connectivity index (χ1) is 9.45. The molecular formula is C9H10N6O5. The summed E-state index contributed by atoms with van der Waals surface area (Å²) in [6, 6.07) is 1.21. The van der Waals surface area contributed by atoms with Gasteiger partial charge in [0.1, 0.15) is 12.4 Å². The summed E-state index contributed by atoms with van der Waals surface area (Å²) in [5.74, 6) is -0.313. The van der Waals surface area contributed by atoms with Crippen molar-refractivity contribution >= 4 is 11.5 Å². The summed E-state index contributed by atoms with van der Waals surface area (Å²) >= 11 is 0. The van der Waals surface area contributed by atoms with Crippen molar-refractivity contribution in [2.45, 2.75) is 19.2 Å². The van der Waals surface area contributed by atoms with Crippen LogP contribution in [0.2, 0.25) is 0 Å². The lowest BCUT2D eigenvalue weighted by molar-refractivity contribution is -0.389. The van der Waals surface area contributed by atoms with Gasteiger partial charge in [-0.15, -0.1) is 0 Å². The fourth-order valence-corrected chi connectivity index (χ4v) is 1.59. The van der Waals surface area contributed by atoms with Crippen molar-refractivity contribution < 1.29 is 15.0 Å². The van der Waals surface area contributed by atoms with Gasteiger partial charge in [-0.2, -0.15) is 9.78 Å². The summed E-state index contributed by atoms with van der Waals surface area (Å²) in [5.41, 5.74) is -0.174. The van der Waals surface area contributed by atoms with Crippen molar-refractivity contribution in [3.8, 4) is 0 Å². The molecule has 106 valence electrons. The number of aromatic nitrogens is 4. The van der Waals surface area contributed by atoms with Crippen LogP contribution < -0.4 is 0 Å². The molecule has 2 aromatic heterocycles. The highest BCUT2D eigenvalue weighted by Gasteiger charge is 2.16. The highest BCUT2D eigenvalue weighted by Crippen LogP contribution is 2.09. The van der Waals surface area contributed by atoms with Gasteiger partial charge in [-0.05, 0) is 4.92 Å². The van der Waals surface area contributed by atoms with Gasteiger partial charge in [0, 0.05) is 0 Å². The van der Waals surface area contributed by atoms with Crippen LogP contribution in [-0.4, -0.2) is 40.6 Å². The fraction of sp³-hybridized carbons (Fsp3) is 0.333. The van der Waals surface area contributed by atoms with Crippen molar-refractivity contribution in [3.63, 3.8) is 0 Å². The highest BCUT2D eigenvalue weighted by atomic mass is 16.6. The third-order valence-electron chi connectivity index (χ3n) is 2.44. The molecule has 0 saturated carbocycles. The Hall–Kier alpha value is -2.82. The standard InChI is InChI=1S/C9H10N6O5/c16-8(5-12-2-1-9(11-12)15(19)20)6-13-4-7(3-10-13)14(17)18/h1-4,8,16H,5-6H2. The number of nitrogens with zero attached hydrogens (tertiary/aromatic N) is 6. The van der Waals surface area contributed by atoms with Gasteiger partial charge >= 0.3 is 11.5 Å². The number of nitro groups is 2. The van der Waals surface area contributed by atoms with Gasteiger partial charge in [0.15, 0.2) is 0 Å². The molecule has 2 aromatic rings. The van der Waals surface area contributed by atoms with E-state index >= 15 is 0 Å². The molecule has 11 nitrogen and oxygen atoms in total. The van der Waals surface area contributed by atoms with E-state index in [1.54, 1.807) is 0 Å². The normalized spacial score (nSPS) is 12.2. The predicted octanol–water partition coefficient (Wildman–Crippen LogP) is -0.0429. The van der Waals surface area contributed by atoms with E-state index in [1.807, 2.05) is 0 Å². The Labute approximate surface area is 111 Å². The summed E-state index contributed by atoms with van der Waals surface area (Å²) in [6.07, 6.45) is 2.70. The SMILES string of the molecule is O=[N+]([O-])c1cnn(CC(O)Cn2ccc([N+](=O)[O-])n2)c1. The molecule has 2 rings (SSSR count). The average molecular weight is 282 g/mol. The maximum atomic E-state index is 10.5. The summed E-state index contributed by atoms with van der Waals surface area (Å²) in [4.78, 5) is 19.7. The zero-order chi connectivity index (χ0) is 14.7. The lowest BCUT2D eigenvalue weighted by Crippen LogP contribution is -2.22. The van der Waals surface area contributed by atoms with E-state index in [0.29, 0.717) is 0 Å². The van der Waals surface area contributed by atoms with Crippen LogP contribution in [0.15, 0.2) is 24.7 Å². The molecule has 0 aliphatic heterocycles. The minimum absolute atomic E-state index is 0.0154.